The van der Waals surface area contributed by atoms with Gasteiger partial charge in [-0.05, 0) is 25.1 Å². The second-order valence-corrected chi connectivity index (χ2v) is 4.52. The number of nitrogens with zero attached hydrogens (tertiary/aromatic N) is 1. The number of esters is 1. The van der Waals surface area contributed by atoms with Crippen LogP contribution in [-0.2, 0) is 4.74 Å². The molecule has 6 heteroatoms. The minimum absolute atomic E-state index is 0.0490. The Morgan fingerprint density at radius 2 is 2.30 bits per heavy atom. The van der Waals surface area contributed by atoms with Crippen molar-refractivity contribution < 1.29 is 14.6 Å². The van der Waals surface area contributed by atoms with Crippen molar-refractivity contribution in [3.8, 4) is 0 Å². The second-order valence-electron chi connectivity index (χ2n) is 4.08. The van der Waals surface area contributed by atoms with Gasteiger partial charge in [0, 0.05) is 23.2 Å². The number of pyridine rings is 1. The number of aromatic nitrogens is 1. The first kappa shape index (κ1) is 14.6. The number of hydrogen-bond acceptors (Lipinski definition) is 5. The van der Waals surface area contributed by atoms with Gasteiger partial charge in [-0.1, -0.05) is 11.6 Å². The van der Waals surface area contributed by atoms with E-state index in [-0.39, 0.29) is 13.2 Å². The number of carbonyl (C=O) groups is 1. The normalized spacial score (nSPS) is 10.6. The minimum atomic E-state index is -0.456. The fourth-order valence-electron chi connectivity index (χ4n) is 1.90. The van der Waals surface area contributed by atoms with Gasteiger partial charge in [-0.15, -0.1) is 0 Å². The van der Waals surface area contributed by atoms with E-state index in [1.807, 2.05) is 0 Å². The van der Waals surface area contributed by atoms with Crippen LogP contribution in [0.2, 0.25) is 5.02 Å². The molecule has 0 amide bonds. The highest BCUT2D eigenvalue weighted by atomic mass is 35.5. The fraction of sp³-hybridized carbons (Fsp3) is 0.286. The SMILES string of the molecule is CCOC(=O)c1cnc2ccc(Cl)cc2c1NCCO. The molecule has 1 aromatic carbocycles. The number of benzene rings is 1. The molecule has 0 fully saturated rings. The quantitative estimate of drug-likeness (QED) is 0.829. The van der Waals surface area contributed by atoms with E-state index in [1.165, 1.54) is 6.20 Å². The summed E-state index contributed by atoms with van der Waals surface area (Å²) in [4.78, 5) is 16.2. The van der Waals surface area contributed by atoms with Gasteiger partial charge in [0.25, 0.3) is 0 Å². The molecule has 0 saturated heterocycles. The number of aliphatic hydroxyl groups is 1. The van der Waals surface area contributed by atoms with Crippen molar-refractivity contribution >= 4 is 34.2 Å². The number of carbonyl (C=O) groups excluding carboxylic acids is 1. The Bertz CT molecular complexity index is 631. The zero-order valence-corrected chi connectivity index (χ0v) is 11.8. The van der Waals surface area contributed by atoms with Crippen molar-refractivity contribution in [2.24, 2.45) is 0 Å². The fourth-order valence-corrected chi connectivity index (χ4v) is 2.07. The summed E-state index contributed by atoms with van der Waals surface area (Å²) >= 11 is 6.00. The van der Waals surface area contributed by atoms with Gasteiger partial charge in [-0.25, -0.2) is 4.79 Å². The average molecular weight is 295 g/mol. The summed E-state index contributed by atoms with van der Waals surface area (Å²) in [5.41, 5.74) is 1.61. The van der Waals surface area contributed by atoms with Gasteiger partial charge >= 0.3 is 5.97 Å². The molecule has 0 atom stereocenters. The van der Waals surface area contributed by atoms with E-state index in [4.69, 9.17) is 21.4 Å². The molecule has 2 rings (SSSR count). The summed E-state index contributed by atoms with van der Waals surface area (Å²) in [6.45, 7) is 2.29. The van der Waals surface area contributed by atoms with Gasteiger partial charge < -0.3 is 15.2 Å². The Kier molecular flexibility index (Phi) is 4.76. The van der Waals surface area contributed by atoms with E-state index in [1.54, 1.807) is 25.1 Å². The maximum Gasteiger partial charge on any atom is 0.341 e. The number of hydrogen-bond donors (Lipinski definition) is 2. The van der Waals surface area contributed by atoms with Crippen LogP contribution in [0.5, 0.6) is 0 Å². The van der Waals surface area contributed by atoms with Gasteiger partial charge in [-0.3, -0.25) is 4.98 Å². The average Bonchev–Trinajstić information content (AvgIpc) is 2.44. The zero-order valence-electron chi connectivity index (χ0n) is 11.0. The van der Waals surface area contributed by atoms with Crippen LogP contribution in [-0.4, -0.2) is 35.8 Å². The van der Waals surface area contributed by atoms with E-state index in [0.717, 1.165) is 5.39 Å². The van der Waals surface area contributed by atoms with Crippen molar-refractivity contribution in [1.29, 1.82) is 0 Å². The summed E-state index contributed by atoms with van der Waals surface area (Å²) < 4.78 is 5.01. The summed E-state index contributed by atoms with van der Waals surface area (Å²) in [5.74, 6) is -0.456. The third-order valence-electron chi connectivity index (χ3n) is 2.74. The molecule has 0 bridgehead atoms. The van der Waals surface area contributed by atoms with Crippen LogP contribution in [0.25, 0.3) is 10.9 Å². The molecule has 0 unspecified atom stereocenters. The number of rotatable bonds is 5. The Balaban J connectivity index is 2.58. The molecular formula is C14H15ClN2O3. The lowest BCUT2D eigenvalue weighted by Gasteiger charge is -2.13. The molecule has 5 nitrogen and oxygen atoms in total. The molecule has 2 N–H and O–H groups in total. The summed E-state index contributed by atoms with van der Waals surface area (Å²) in [6.07, 6.45) is 1.47. The topological polar surface area (TPSA) is 71.5 Å². The molecule has 20 heavy (non-hydrogen) atoms. The maximum atomic E-state index is 12.0. The Morgan fingerprint density at radius 3 is 3.00 bits per heavy atom. The highest BCUT2D eigenvalue weighted by Gasteiger charge is 2.16. The van der Waals surface area contributed by atoms with E-state index in [9.17, 15) is 4.79 Å². The van der Waals surface area contributed by atoms with E-state index in [2.05, 4.69) is 10.3 Å². The van der Waals surface area contributed by atoms with Crippen LogP contribution in [0.1, 0.15) is 17.3 Å². The van der Waals surface area contributed by atoms with Crippen LogP contribution in [0, 0.1) is 0 Å². The number of ether oxygens (including phenoxy) is 1. The number of anilines is 1. The maximum absolute atomic E-state index is 12.0. The molecule has 2 aromatic rings. The molecule has 0 spiro atoms. The summed E-state index contributed by atoms with van der Waals surface area (Å²) in [5, 5.41) is 13.3. The second kappa shape index (κ2) is 6.54. The number of fused-ring (bicyclic) bond motifs is 1. The zero-order chi connectivity index (χ0) is 14.5. The van der Waals surface area contributed by atoms with Gasteiger partial charge in [0.1, 0.15) is 5.56 Å². The molecule has 0 aliphatic heterocycles. The first-order valence-electron chi connectivity index (χ1n) is 6.27. The summed E-state index contributed by atoms with van der Waals surface area (Å²) in [6, 6.07) is 5.24. The van der Waals surface area contributed by atoms with E-state index < -0.39 is 5.97 Å². The number of nitrogens with one attached hydrogen (secondary N) is 1. The van der Waals surface area contributed by atoms with Crippen molar-refractivity contribution in [3.05, 3.63) is 35.0 Å². The Labute approximate surface area is 121 Å². The smallest absolute Gasteiger partial charge is 0.341 e. The Morgan fingerprint density at radius 1 is 1.50 bits per heavy atom. The number of aliphatic hydroxyl groups excluding tert-OH is 1. The van der Waals surface area contributed by atoms with Crippen LogP contribution in [0.3, 0.4) is 0 Å². The molecule has 0 aliphatic rings. The first-order chi connectivity index (χ1) is 9.67. The molecule has 0 saturated carbocycles. The monoisotopic (exact) mass is 294 g/mol. The lowest BCUT2D eigenvalue weighted by Crippen LogP contribution is -2.13. The van der Waals surface area contributed by atoms with Crippen LogP contribution in [0.4, 0.5) is 5.69 Å². The predicted octanol–water partition coefficient (Wildman–Crippen LogP) is 2.47. The van der Waals surface area contributed by atoms with Crippen molar-refractivity contribution in [3.63, 3.8) is 0 Å². The van der Waals surface area contributed by atoms with Crippen LogP contribution < -0.4 is 5.32 Å². The third-order valence-corrected chi connectivity index (χ3v) is 2.97. The minimum Gasteiger partial charge on any atom is -0.462 e. The molecule has 0 radical (unpaired) electrons. The highest BCUT2D eigenvalue weighted by Crippen LogP contribution is 2.28. The first-order valence-corrected chi connectivity index (χ1v) is 6.65. The van der Waals surface area contributed by atoms with Crippen LogP contribution in [0.15, 0.2) is 24.4 Å². The van der Waals surface area contributed by atoms with Gasteiger partial charge in [0.2, 0.25) is 0 Å². The van der Waals surface area contributed by atoms with Crippen LogP contribution >= 0.6 is 11.6 Å². The molecular weight excluding hydrogens is 280 g/mol. The van der Waals surface area contributed by atoms with Gasteiger partial charge in [0.15, 0.2) is 0 Å². The van der Waals surface area contributed by atoms with E-state index >= 15 is 0 Å². The largest absolute Gasteiger partial charge is 0.462 e. The number of halogens is 1. The molecule has 106 valence electrons. The molecule has 1 aromatic heterocycles. The van der Waals surface area contributed by atoms with Gasteiger partial charge in [0.05, 0.1) is 24.4 Å². The van der Waals surface area contributed by atoms with Gasteiger partial charge in [-0.2, -0.15) is 0 Å². The van der Waals surface area contributed by atoms with Crippen molar-refractivity contribution in [1.82, 2.24) is 4.98 Å². The lowest BCUT2D eigenvalue weighted by molar-refractivity contribution is 0.0527. The third kappa shape index (κ3) is 3.00. The highest BCUT2D eigenvalue weighted by molar-refractivity contribution is 6.31. The van der Waals surface area contributed by atoms with E-state index in [0.29, 0.717) is 28.3 Å². The molecule has 0 aliphatic carbocycles. The summed E-state index contributed by atoms with van der Waals surface area (Å²) in [7, 11) is 0. The lowest BCUT2D eigenvalue weighted by atomic mass is 10.1. The standard InChI is InChI=1S/C14H15ClN2O3/c1-2-20-14(19)11-8-17-12-4-3-9(15)7-10(12)13(11)16-5-6-18/h3-4,7-8,18H,2,5-6H2,1H3,(H,16,17). The predicted molar refractivity (Wildman–Crippen MR) is 78.3 cm³/mol. The van der Waals surface area contributed by atoms with Crippen molar-refractivity contribution in [2.45, 2.75) is 6.92 Å². The Hall–Kier alpha value is -1.85. The molecule has 1 heterocycles. The van der Waals surface area contributed by atoms with Crippen molar-refractivity contribution in [2.75, 3.05) is 25.1 Å².